The van der Waals surface area contributed by atoms with Gasteiger partial charge in [-0.05, 0) is 55.4 Å². The fraction of sp³-hybridized carbons (Fsp3) is 0.500. The van der Waals surface area contributed by atoms with Crippen LogP contribution in [0.2, 0.25) is 0 Å². The second-order valence-electron chi connectivity index (χ2n) is 5.33. The molecular weight excluding hydrogens is 212 g/mol. The highest BCUT2D eigenvalue weighted by atomic mass is 16.2. The first-order chi connectivity index (χ1) is 8.10. The molecule has 0 heterocycles. The van der Waals surface area contributed by atoms with Crippen LogP contribution in [0.15, 0.2) is 18.2 Å². The van der Waals surface area contributed by atoms with Crippen LogP contribution in [0, 0.1) is 0 Å². The largest absolute Gasteiger partial charge is 0.317 e. The average molecular weight is 230 g/mol. The zero-order valence-electron chi connectivity index (χ0n) is 10.2. The van der Waals surface area contributed by atoms with Crippen molar-refractivity contribution in [2.24, 2.45) is 5.73 Å². The Balaban J connectivity index is 1.86. The van der Waals surface area contributed by atoms with E-state index in [2.05, 4.69) is 12.1 Å². The van der Waals surface area contributed by atoms with E-state index in [0.29, 0.717) is 0 Å². The van der Waals surface area contributed by atoms with Crippen molar-refractivity contribution in [2.45, 2.75) is 37.6 Å². The maximum atomic E-state index is 12.1. The lowest BCUT2D eigenvalue weighted by Gasteiger charge is -2.21. The minimum atomic E-state index is -0.576. The Labute approximate surface area is 102 Å². The van der Waals surface area contributed by atoms with Gasteiger partial charge in [0.1, 0.15) is 0 Å². The Kier molecular flexibility index (Phi) is 2.26. The summed E-state index contributed by atoms with van der Waals surface area (Å²) in [6, 6.07) is 6.33. The van der Waals surface area contributed by atoms with Crippen LogP contribution in [0.5, 0.6) is 0 Å². The predicted octanol–water partition coefficient (Wildman–Crippen LogP) is 1.63. The minimum absolute atomic E-state index is 0.0513. The highest BCUT2D eigenvalue weighted by Gasteiger charge is 2.47. The molecule has 2 aliphatic carbocycles. The summed E-state index contributed by atoms with van der Waals surface area (Å²) in [6.45, 7) is 0. The highest BCUT2D eigenvalue weighted by Crippen LogP contribution is 2.35. The molecule has 0 atom stereocenters. The number of rotatable bonds is 2. The molecule has 1 fully saturated rings. The standard InChI is InChI=1S/C14H18N2O/c1-16(13(17)14(15)7-8-14)12-6-5-10-3-2-4-11(10)9-12/h5-6,9H,2-4,7-8,15H2,1H3. The van der Waals surface area contributed by atoms with Crippen LogP contribution in [0.25, 0.3) is 0 Å². The fourth-order valence-electron chi connectivity index (χ4n) is 2.57. The van der Waals surface area contributed by atoms with Crippen molar-refractivity contribution in [2.75, 3.05) is 11.9 Å². The molecule has 1 amide bonds. The number of anilines is 1. The van der Waals surface area contributed by atoms with Crippen LogP contribution >= 0.6 is 0 Å². The Bertz CT molecular complexity index is 477. The number of carbonyl (C=O) groups excluding carboxylic acids is 1. The Morgan fingerprint density at radius 3 is 2.71 bits per heavy atom. The van der Waals surface area contributed by atoms with Gasteiger partial charge in [0.2, 0.25) is 5.91 Å². The van der Waals surface area contributed by atoms with Gasteiger partial charge in [0.15, 0.2) is 0 Å². The third-order valence-electron chi connectivity index (χ3n) is 3.99. The molecule has 0 bridgehead atoms. The summed E-state index contributed by atoms with van der Waals surface area (Å²) in [4.78, 5) is 13.8. The monoisotopic (exact) mass is 230 g/mol. The van der Waals surface area contributed by atoms with E-state index in [1.807, 2.05) is 13.1 Å². The van der Waals surface area contributed by atoms with Gasteiger partial charge in [0.05, 0.1) is 5.54 Å². The molecule has 3 nitrogen and oxygen atoms in total. The maximum absolute atomic E-state index is 12.1. The van der Waals surface area contributed by atoms with E-state index in [9.17, 15) is 4.79 Å². The number of hydrogen-bond donors (Lipinski definition) is 1. The quantitative estimate of drug-likeness (QED) is 0.839. The maximum Gasteiger partial charge on any atom is 0.246 e. The van der Waals surface area contributed by atoms with E-state index in [0.717, 1.165) is 24.9 Å². The summed E-state index contributed by atoms with van der Waals surface area (Å²) in [5.74, 6) is 0.0513. The number of nitrogens with zero attached hydrogens (tertiary/aromatic N) is 1. The number of amides is 1. The van der Waals surface area contributed by atoms with Gasteiger partial charge < -0.3 is 10.6 Å². The van der Waals surface area contributed by atoms with E-state index < -0.39 is 5.54 Å². The first-order valence-electron chi connectivity index (χ1n) is 6.29. The minimum Gasteiger partial charge on any atom is -0.317 e. The topological polar surface area (TPSA) is 46.3 Å². The molecule has 3 heteroatoms. The van der Waals surface area contributed by atoms with Gasteiger partial charge in [-0.2, -0.15) is 0 Å². The summed E-state index contributed by atoms with van der Waals surface area (Å²) < 4.78 is 0. The molecule has 0 radical (unpaired) electrons. The van der Waals surface area contributed by atoms with Gasteiger partial charge in [-0.3, -0.25) is 4.79 Å². The van der Waals surface area contributed by atoms with Gasteiger partial charge in [-0.15, -0.1) is 0 Å². The lowest BCUT2D eigenvalue weighted by Crippen LogP contribution is -2.43. The predicted molar refractivity (Wildman–Crippen MR) is 68.0 cm³/mol. The third-order valence-corrected chi connectivity index (χ3v) is 3.99. The summed E-state index contributed by atoms with van der Waals surface area (Å²) in [5.41, 5.74) is 9.18. The number of fused-ring (bicyclic) bond motifs is 1. The van der Waals surface area contributed by atoms with Crippen LogP contribution in [-0.4, -0.2) is 18.5 Å². The van der Waals surface area contributed by atoms with Crippen molar-refractivity contribution < 1.29 is 4.79 Å². The molecule has 1 aromatic rings. The molecule has 1 saturated carbocycles. The molecule has 3 rings (SSSR count). The van der Waals surface area contributed by atoms with Crippen molar-refractivity contribution in [3.05, 3.63) is 29.3 Å². The molecule has 0 unspecified atom stereocenters. The van der Waals surface area contributed by atoms with Gasteiger partial charge in [-0.1, -0.05) is 6.07 Å². The Morgan fingerprint density at radius 2 is 2.00 bits per heavy atom. The molecule has 2 N–H and O–H groups in total. The van der Waals surface area contributed by atoms with Crippen LogP contribution in [0.4, 0.5) is 5.69 Å². The van der Waals surface area contributed by atoms with Crippen molar-refractivity contribution in [1.29, 1.82) is 0 Å². The summed E-state index contributed by atoms with van der Waals surface area (Å²) in [6.07, 6.45) is 5.19. The number of benzene rings is 1. The SMILES string of the molecule is CN(C(=O)C1(N)CC1)c1ccc2c(c1)CCC2. The van der Waals surface area contributed by atoms with E-state index in [1.165, 1.54) is 24.0 Å². The van der Waals surface area contributed by atoms with Crippen LogP contribution in [-0.2, 0) is 17.6 Å². The molecule has 0 saturated heterocycles. The number of nitrogens with two attached hydrogens (primary N) is 1. The Morgan fingerprint density at radius 1 is 1.29 bits per heavy atom. The number of hydrogen-bond acceptors (Lipinski definition) is 2. The molecule has 17 heavy (non-hydrogen) atoms. The van der Waals surface area contributed by atoms with E-state index in [-0.39, 0.29) is 5.91 Å². The van der Waals surface area contributed by atoms with E-state index in [4.69, 9.17) is 5.73 Å². The van der Waals surface area contributed by atoms with E-state index in [1.54, 1.807) is 4.90 Å². The van der Waals surface area contributed by atoms with Gasteiger partial charge >= 0.3 is 0 Å². The van der Waals surface area contributed by atoms with Crippen molar-refractivity contribution in [3.63, 3.8) is 0 Å². The molecule has 0 aliphatic heterocycles. The zero-order valence-corrected chi connectivity index (χ0v) is 10.2. The molecular formula is C14H18N2O. The number of carbonyl (C=O) groups is 1. The zero-order chi connectivity index (χ0) is 12.0. The molecule has 1 aromatic carbocycles. The summed E-state index contributed by atoms with van der Waals surface area (Å²) in [7, 11) is 1.83. The van der Waals surface area contributed by atoms with Crippen LogP contribution in [0.1, 0.15) is 30.4 Å². The summed E-state index contributed by atoms with van der Waals surface area (Å²) in [5, 5.41) is 0. The summed E-state index contributed by atoms with van der Waals surface area (Å²) >= 11 is 0. The highest BCUT2D eigenvalue weighted by molar-refractivity contribution is 6.01. The number of aryl methyl sites for hydroxylation is 2. The normalized spacial score (nSPS) is 19.9. The van der Waals surface area contributed by atoms with Crippen LogP contribution < -0.4 is 10.6 Å². The third kappa shape index (κ3) is 1.75. The van der Waals surface area contributed by atoms with Crippen molar-refractivity contribution in [3.8, 4) is 0 Å². The van der Waals surface area contributed by atoms with Gasteiger partial charge in [0.25, 0.3) is 0 Å². The first kappa shape index (κ1) is 10.8. The molecule has 0 spiro atoms. The Hall–Kier alpha value is -1.35. The van der Waals surface area contributed by atoms with Gasteiger partial charge in [-0.25, -0.2) is 0 Å². The van der Waals surface area contributed by atoms with Crippen molar-refractivity contribution in [1.82, 2.24) is 0 Å². The second kappa shape index (κ2) is 3.57. The molecule has 90 valence electrons. The smallest absolute Gasteiger partial charge is 0.246 e. The number of likely N-dealkylation sites (N-methyl/N-ethyl adjacent to an activating group) is 1. The van der Waals surface area contributed by atoms with E-state index >= 15 is 0 Å². The average Bonchev–Trinajstić information content (AvgIpc) is 2.93. The first-order valence-corrected chi connectivity index (χ1v) is 6.29. The second-order valence-corrected chi connectivity index (χ2v) is 5.33. The lowest BCUT2D eigenvalue weighted by atomic mass is 10.1. The molecule has 2 aliphatic rings. The van der Waals surface area contributed by atoms with Crippen LogP contribution in [0.3, 0.4) is 0 Å². The lowest BCUT2D eigenvalue weighted by molar-refractivity contribution is -0.120. The van der Waals surface area contributed by atoms with Gasteiger partial charge in [0, 0.05) is 12.7 Å². The molecule has 0 aromatic heterocycles. The fourth-order valence-corrected chi connectivity index (χ4v) is 2.57. The van der Waals surface area contributed by atoms with Crippen molar-refractivity contribution >= 4 is 11.6 Å².